The molecule has 0 N–H and O–H groups in total. The third kappa shape index (κ3) is 2.62. The lowest BCUT2D eigenvalue weighted by Crippen LogP contribution is -2.09. The molecule has 1 aromatic heterocycles. The molecular weight excluding hydrogens is 206 g/mol. The van der Waals surface area contributed by atoms with Crippen LogP contribution < -0.4 is 0 Å². The summed E-state index contributed by atoms with van der Waals surface area (Å²) >= 11 is 0. The van der Waals surface area contributed by atoms with Gasteiger partial charge in [-0.25, -0.2) is 0 Å². The van der Waals surface area contributed by atoms with E-state index < -0.39 is 0 Å². The zero-order valence-electron chi connectivity index (χ0n) is 10.4. The van der Waals surface area contributed by atoms with Crippen LogP contribution in [0.15, 0.2) is 0 Å². The summed E-state index contributed by atoms with van der Waals surface area (Å²) in [6.07, 6.45) is 0. The highest BCUT2D eigenvalue weighted by Gasteiger charge is 2.15. The molecule has 0 amide bonds. The summed E-state index contributed by atoms with van der Waals surface area (Å²) in [4.78, 5) is 0. The Morgan fingerprint density at radius 2 is 1.43 bits per heavy atom. The quantitative estimate of drug-likeness (QED) is 0.551. The van der Waals surface area contributed by atoms with Gasteiger partial charge in [-0.15, -0.1) is 10.6 Å². The third-order valence-electron chi connectivity index (χ3n) is 2.22. The van der Waals surface area contributed by atoms with E-state index in [9.17, 15) is 0 Å². The van der Waals surface area contributed by atoms with Gasteiger partial charge in [0.15, 0.2) is 0 Å². The SMILES string of the molecule is Cc1pc(C(C)(C)C)[p-]c1C(C)(C)C. The second-order valence-electron chi connectivity index (χ2n) is 5.98. The Morgan fingerprint density at radius 1 is 0.929 bits per heavy atom. The first kappa shape index (κ1) is 12.3. The van der Waals surface area contributed by atoms with E-state index in [1.54, 1.807) is 15.6 Å². The Kier molecular flexibility index (Phi) is 3.21. The van der Waals surface area contributed by atoms with Crippen molar-refractivity contribution >= 4 is 16.4 Å². The Hall–Kier alpha value is 0.210. The van der Waals surface area contributed by atoms with E-state index in [1.165, 1.54) is 16.4 Å². The summed E-state index contributed by atoms with van der Waals surface area (Å²) in [6, 6.07) is 0. The smallest absolute Gasteiger partial charge is 0.0274 e. The lowest BCUT2D eigenvalue weighted by atomic mass is 9.94. The van der Waals surface area contributed by atoms with Crippen molar-refractivity contribution in [3.05, 3.63) is 15.6 Å². The summed E-state index contributed by atoms with van der Waals surface area (Å²) in [5, 5.41) is 4.85. The number of rotatable bonds is 0. The molecule has 0 aromatic carbocycles. The summed E-state index contributed by atoms with van der Waals surface area (Å²) in [5.41, 5.74) is 0.697. The van der Waals surface area contributed by atoms with Gasteiger partial charge >= 0.3 is 0 Å². The predicted molar refractivity (Wildman–Crippen MR) is 69.2 cm³/mol. The first-order valence-corrected chi connectivity index (χ1v) is 6.93. The van der Waals surface area contributed by atoms with Crippen molar-refractivity contribution in [2.45, 2.75) is 59.3 Å². The van der Waals surface area contributed by atoms with Crippen molar-refractivity contribution < 1.29 is 0 Å². The van der Waals surface area contributed by atoms with Crippen molar-refractivity contribution in [2.75, 3.05) is 0 Å². The van der Waals surface area contributed by atoms with Crippen molar-refractivity contribution in [3.8, 4) is 0 Å². The fourth-order valence-corrected chi connectivity index (χ4v) is 4.86. The normalized spacial score (nSPS) is 14.5. The van der Waals surface area contributed by atoms with Crippen molar-refractivity contribution in [3.63, 3.8) is 0 Å². The molecule has 0 fully saturated rings. The van der Waals surface area contributed by atoms with Gasteiger partial charge in [-0.05, 0) is 10.8 Å². The largest absolute Gasteiger partial charge is 0.308 e. The molecule has 0 aliphatic heterocycles. The van der Waals surface area contributed by atoms with Crippen molar-refractivity contribution in [2.24, 2.45) is 0 Å². The molecule has 0 nitrogen and oxygen atoms in total. The molecule has 0 saturated heterocycles. The second-order valence-corrected chi connectivity index (χ2v) is 8.79. The average molecular weight is 227 g/mol. The first-order valence-electron chi connectivity index (χ1n) is 5.14. The van der Waals surface area contributed by atoms with Gasteiger partial charge in [0.2, 0.25) is 0 Å². The average Bonchev–Trinajstić information content (AvgIpc) is 2.27. The molecule has 0 saturated carbocycles. The van der Waals surface area contributed by atoms with Crippen LogP contribution in [0.2, 0.25) is 0 Å². The van der Waals surface area contributed by atoms with Crippen LogP contribution in [-0.2, 0) is 10.8 Å². The molecule has 1 rings (SSSR count). The van der Waals surface area contributed by atoms with Gasteiger partial charge in [-0.2, -0.15) is 5.03 Å². The lowest BCUT2D eigenvalue weighted by Gasteiger charge is -2.25. The van der Waals surface area contributed by atoms with E-state index in [2.05, 4.69) is 48.5 Å². The maximum Gasteiger partial charge on any atom is -0.0274 e. The number of hydrogen-bond acceptors (Lipinski definition) is 0. The second kappa shape index (κ2) is 3.66. The third-order valence-corrected chi connectivity index (χ3v) is 6.55. The van der Waals surface area contributed by atoms with Gasteiger partial charge in [0.25, 0.3) is 0 Å². The fraction of sp³-hybridized carbons (Fsp3) is 0.750. The molecular formula is C12H21P2-. The van der Waals surface area contributed by atoms with Crippen molar-refractivity contribution in [1.82, 2.24) is 0 Å². The van der Waals surface area contributed by atoms with Gasteiger partial charge in [-0.1, -0.05) is 48.5 Å². The van der Waals surface area contributed by atoms with Gasteiger partial charge in [0.05, 0.1) is 0 Å². The Labute approximate surface area is 91.7 Å². The van der Waals surface area contributed by atoms with Crippen LogP contribution in [-0.4, -0.2) is 0 Å². The Bertz CT molecular complexity index is 321. The van der Waals surface area contributed by atoms with Crippen LogP contribution in [0.3, 0.4) is 0 Å². The summed E-state index contributed by atoms with van der Waals surface area (Å²) in [5.74, 6) is 0. The van der Waals surface area contributed by atoms with Crippen LogP contribution in [0.5, 0.6) is 0 Å². The lowest BCUT2D eigenvalue weighted by molar-refractivity contribution is 0.600. The van der Waals surface area contributed by atoms with E-state index in [-0.39, 0.29) is 0 Å². The maximum absolute atomic E-state index is 2.32. The minimum Gasteiger partial charge on any atom is -0.308 e. The molecule has 0 aliphatic carbocycles. The van der Waals surface area contributed by atoms with E-state index in [4.69, 9.17) is 0 Å². The Morgan fingerprint density at radius 3 is 1.64 bits per heavy atom. The van der Waals surface area contributed by atoms with E-state index in [0.717, 1.165) is 0 Å². The predicted octanol–water partition coefficient (Wildman–Crippen LogP) is 5.47. The van der Waals surface area contributed by atoms with Gasteiger partial charge < -0.3 is 16.4 Å². The zero-order chi connectivity index (χ0) is 11.1. The summed E-state index contributed by atoms with van der Waals surface area (Å²) in [6.45, 7) is 16.2. The molecule has 0 spiro atoms. The zero-order valence-corrected chi connectivity index (χ0v) is 12.2. The monoisotopic (exact) mass is 227 g/mol. The van der Waals surface area contributed by atoms with E-state index in [1.807, 2.05) is 0 Å². The van der Waals surface area contributed by atoms with Gasteiger partial charge in [0.1, 0.15) is 0 Å². The highest BCUT2D eigenvalue weighted by atomic mass is 31.1. The molecule has 1 heterocycles. The van der Waals surface area contributed by atoms with Gasteiger partial charge in [-0.3, -0.25) is 0 Å². The van der Waals surface area contributed by atoms with Crippen LogP contribution in [0.4, 0.5) is 0 Å². The summed E-state index contributed by atoms with van der Waals surface area (Å²) < 4.78 is 0. The summed E-state index contributed by atoms with van der Waals surface area (Å²) in [7, 11) is 2.96. The standard InChI is InChI=1S/C12H21P2/c1-8-9(11(2,3)4)14-10(13-8)12(5,6)7/h1-7H3/q-1. The molecule has 0 bridgehead atoms. The molecule has 0 unspecified atom stereocenters. The van der Waals surface area contributed by atoms with E-state index in [0.29, 0.717) is 10.8 Å². The van der Waals surface area contributed by atoms with Crippen LogP contribution in [0.25, 0.3) is 0 Å². The highest BCUT2D eigenvalue weighted by Crippen LogP contribution is 2.48. The Balaban J connectivity index is 3.19. The highest BCUT2D eigenvalue weighted by molar-refractivity contribution is 7.50. The molecule has 14 heavy (non-hydrogen) atoms. The molecule has 0 aliphatic rings. The first-order chi connectivity index (χ1) is 6.12. The molecule has 0 radical (unpaired) electrons. The number of hydrogen-bond donors (Lipinski definition) is 0. The molecule has 0 atom stereocenters. The number of aryl methyl sites for hydroxylation is 1. The van der Waals surface area contributed by atoms with Gasteiger partial charge in [0, 0.05) is 0 Å². The van der Waals surface area contributed by atoms with Crippen molar-refractivity contribution in [1.29, 1.82) is 0 Å². The fourth-order valence-electron chi connectivity index (χ4n) is 1.47. The van der Waals surface area contributed by atoms with Crippen LogP contribution >= 0.6 is 16.4 Å². The van der Waals surface area contributed by atoms with Crippen LogP contribution in [0, 0.1) is 6.92 Å². The molecule has 2 heteroatoms. The van der Waals surface area contributed by atoms with E-state index >= 15 is 0 Å². The van der Waals surface area contributed by atoms with Crippen LogP contribution in [0.1, 0.15) is 57.2 Å². The molecule has 80 valence electrons. The minimum atomic E-state index is 0.339. The molecule has 1 aromatic rings. The minimum absolute atomic E-state index is 0.339. The maximum atomic E-state index is 2.32. The topological polar surface area (TPSA) is 0 Å².